The molecule has 3 N–H and O–H groups in total. The normalized spacial score (nSPS) is 9.96. The number of carbonyl (C=O) groups is 4. The molecule has 3 amide bonds. The van der Waals surface area contributed by atoms with Crippen LogP contribution in [0, 0.1) is 0 Å². The molecule has 0 bridgehead atoms. The quantitative estimate of drug-likeness (QED) is 0.352. The smallest absolute Gasteiger partial charge is 0.274 e. The maximum atomic E-state index is 11.9. The van der Waals surface area contributed by atoms with E-state index in [-0.39, 0.29) is 28.7 Å². The fourth-order valence-corrected chi connectivity index (χ4v) is 2.52. The summed E-state index contributed by atoms with van der Waals surface area (Å²) in [4.78, 5) is 45.9. The van der Waals surface area contributed by atoms with E-state index in [4.69, 9.17) is 5.84 Å². The molecule has 0 fully saturated rings. The number of imide groups is 1. The molecule has 0 atom stereocenters. The predicted molar refractivity (Wildman–Crippen MR) is 94.7 cm³/mol. The first-order valence-corrected chi connectivity index (χ1v) is 8.15. The SMILES string of the molecule is NN(C=O)C(=O)c1ccc(NC(=O)CSC(=O)c2ccccc2)cc1. The first kappa shape index (κ1) is 18.4. The van der Waals surface area contributed by atoms with E-state index in [1.54, 1.807) is 24.3 Å². The molecule has 0 saturated heterocycles. The van der Waals surface area contributed by atoms with Crippen molar-refractivity contribution in [1.82, 2.24) is 5.01 Å². The van der Waals surface area contributed by atoms with Gasteiger partial charge in [-0.2, -0.15) is 0 Å². The van der Waals surface area contributed by atoms with Crippen LogP contribution in [0.3, 0.4) is 0 Å². The topological polar surface area (TPSA) is 110 Å². The van der Waals surface area contributed by atoms with Crippen molar-refractivity contribution < 1.29 is 19.2 Å². The monoisotopic (exact) mass is 357 g/mol. The molecule has 0 aliphatic heterocycles. The molecule has 0 saturated carbocycles. The van der Waals surface area contributed by atoms with Crippen molar-refractivity contribution in [3.8, 4) is 0 Å². The lowest BCUT2D eigenvalue weighted by Crippen LogP contribution is -2.35. The number of nitrogens with two attached hydrogens (primary N) is 1. The van der Waals surface area contributed by atoms with Crippen LogP contribution in [-0.4, -0.2) is 34.1 Å². The highest BCUT2D eigenvalue weighted by atomic mass is 32.2. The molecule has 0 aliphatic rings. The van der Waals surface area contributed by atoms with Crippen LogP contribution in [-0.2, 0) is 9.59 Å². The van der Waals surface area contributed by atoms with Gasteiger partial charge in [0, 0.05) is 16.8 Å². The van der Waals surface area contributed by atoms with Crippen LogP contribution in [0.2, 0.25) is 0 Å². The van der Waals surface area contributed by atoms with Crippen LogP contribution in [0.1, 0.15) is 20.7 Å². The Kier molecular flexibility index (Phi) is 6.44. The Bertz CT molecular complexity index is 778. The number of nitrogens with zero attached hydrogens (tertiary/aromatic N) is 1. The molecule has 0 spiro atoms. The summed E-state index contributed by atoms with van der Waals surface area (Å²) in [5.74, 6) is 4.16. The van der Waals surface area contributed by atoms with Gasteiger partial charge in [0.15, 0.2) is 0 Å². The number of amides is 3. The summed E-state index contributed by atoms with van der Waals surface area (Å²) >= 11 is 0.905. The van der Waals surface area contributed by atoms with Crippen molar-refractivity contribution in [3.05, 3.63) is 65.7 Å². The third kappa shape index (κ3) is 5.27. The Morgan fingerprint density at radius 3 is 2.24 bits per heavy atom. The van der Waals surface area contributed by atoms with Crippen molar-refractivity contribution in [2.45, 2.75) is 0 Å². The third-order valence-corrected chi connectivity index (χ3v) is 4.01. The zero-order valence-corrected chi connectivity index (χ0v) is 13.9. The van der Waals surface area contributed by atoms with Crippen LogP contribution >= 0.6 is 11.8 Å². The van der Waals surface area contributed by atoms with Gasteiger partial charge < -0.3 is 5.32 Å². The van der Waals surface area contributed by atoms with Gasteiger partial charge in [-0.25, -0.2) is 10.9 Å². The summed E-state index contributed by atoms with van der Waals surface area (Å²) in [5.41, 5.74) is 1.20. The fourth-order valence-electron chi connectivity index (χ4n) is 1.88. The lowest BCUT2D eigenvalue weighted by Gasteiger charge is -2.09. The number of carbonyl (C=O) groups excluding carboxylic acids is 4. The number of hydrazine groups is 1. The lowest BCUT2D eigenvalue weighted by molar-refractivity contribution is -0.116. The maximum absolute atomic E-state index is 11.9. The predicted octanol–water partition coefficient (Wildman–Crippen LogP) is 1.67. The van der Waals surface area contributed by atoms with Crippen molar-refractivity contribution in [3.63, 3.8) is 0 Å². The first-order chi connectivity index (χ1) is 12.0. The summed E-state index contributed by atoms with van der Waals surface area (Å²) in [6.07, 6.45) is 0.207. The number of benzene rings is 2. The molecule has 0 aromatic heterocycles. The number of anilines is 1. The van der Waals surface area contributed by atoms with Crippen LogP contribution in [0.25, 0.3) is 0 Å². The highest BCUT2D eigenvalue weighted by molar-refractivity contribution is 8.14. The highest BCUT2D eigenvalue weighted by Gasteiger charge is 2.12. The number of hydrogen-bond donors (Lipinski definition) is 2. The van der Waals surface area contributed by atoms with Crippen molar-refractivity contribution >= 4 is 40.8 Å². The van der Waals surface area contributed by atoms with E-state index >= 15 is 0 Å². The highest BCUT2D eigenvalue weighted by Crippen LogP contribution is 2.14. The van der Waals surface area contributed by atoms with E-state index in [9.17, 15) is 19.2 Å². The van der Waals surface area contributed by atoms with Gasteiger partial charge in [-0.1, -0.05) is 42.1 Å². The minimum atomic E-state index is -0.656. The Hall–Kier alpha value is -2.97. The fraction of sp³-hybridized carbons (Fsp3) is 0.0588. The molecule has 0 heterocycles. The van der Waals surface area contributed by atoms with E-state index in [1.165, 1.54) is 24.3 Å². The summed E-state index contributed by atoms with van der Waals surface area (Å²) in [5, 5.41) is 2.86. The average Bonchev–Trinajstić information content (AvgIpc) is 2.66. The van der Waals surface area contributed by atoms with Crippen LogP contribution in [0.4, 0.5) is 5.69 Å². The lowest BCUT2D eigenvalue weighted by atomic mass is 10.2. The van der Waals surface area contributed by atoms with E-state index in [0.717, 1.165) is 11.8 Å². The number of hydrogen-bond acceptors (Lipinski definition) is 6. The molecule has 8 heteroatoms. The third-order valence-electron chi connectivity index (χ3n) is 3.11. The molecule has 7 nitrogen and oxygen atoms in total. The van der Waals surface area contributed by atoms with Crippen LogP contribution in [0.15, 0.2) is 54.6 Å². The number of thioether (sulfide) groups is 1. The average molecular weight is 357 g/mol. The Morgan fingerprint density at radius 1 is 1.00 bits per heavy atom. The van der Waals surface area contributed by atoms with Gasteiger partial charge in [0.25, 0.3) is 5.91 Å². The van der Waals surface area contributed by atoms with Crippen molar-refractivity contribution in [2.24, 2.45) is 5.84 Å². The Labute approximate surface area is 148 Å². The van der Waals surface area contributed by atoms with Gasteiger partial charge >= 0.3 is 0 Å². The minimum Gasteiger partial charge on any atom is -0.325 e. The zero-order chi connectivity index (χ0) is 18.2. The Balaban J connectivity index is 1.87. The van der Waals surface area contributed by atoms with Crippen LogP contribution < -0.4 is 11.2 Å². The largest absolute Gasteiger partial charge is 0.325 e. The summed E-state index contributed by atoms with van der Waals surface area (Å²) < 4.78 is 0. The molecular weight excluding hydrogens is 342 g/mol. The van der Waals surface area contributed by atoms with Gasteiger partial charge in [-0.3, -0.25) is 19.2 Å². The molecule has 2 rings (SSSR count). The summed E-state index contributed by atoms with van der Waals surface area (Å²) in [6.45, 7) is 0. The second-order valence-corrected chi connectivity index (χ2v) is 5.83. The molecule has 25 heavy (non-hydrogen) atoms. The first-order valence-electron chi connectivity index (χ1n) is 7.17. The second-order valence-electron chi connectivity index (χ2n) is 4.89. The van der Waals surface area contributed by atoms with Gasteiger partial charge in [0.1, 0.15) is 0 Å². The van der Waals surface area contributed by atoms with Gasteiger partial charge in [0.05, 0.1) is 5.75 Å². The van der Waals surface area contributed by atoms with Crippen LogP contribution in [0.5, 0.6) is 0 Å². The van der Waals surface area contributed by atoms with Gasteiger partial charge in [0.2, 0.25) is 17.4 Å². The van der Waals surface area contributed by atoms with E-state index in [1.807, 2.05) is 6.07 Å². The minimum absolute atomic E-state index is 0.0316. The molecule has 0 aliphatic carbocycles. The van der Waals surface area contributed by atoms with Gasteiger partial charge in [-0.05, 0) is 24.3 Å². The van der Waals surface area contributed by atoms with E-state index in [0.29, 0.717) is 16.3 Å². The van der Waals surface area contributed by atoms with E-state index < -0.39 is 5.91 Å². The number of nitrogens with one attached hydrogen (secondary N) is 1. The van der Waals surface area contributed by atoms with Crippen molar-refractivity contribution in [1.29, 1.82) is 0 Å². The summed E-state index contributed by atoms with van der Waals surface area (Å²) in [7, 11) is 0. The molecule has 2 aromatic carbocycles. The zero-order valence-electron chi connectivity index (χ0n) is 13.0. The molecule has 2 aromatic rings. The van der Waals surface area contributed by atoms with Crippen molar-refractivity contribution in [2.75, 3.05) is 11.1 Å². The Morgan fingerprint density at radius 2 is 1.64 bits per heavy atom. The van der Waals surface area contributed by atoms with Gasteiger partial charge in [-0.15, -0.1) is 0 Å². The second kappa shape index (κ2) is 8.76. The van der Waals surface area contributed by atoms with E-state index in [2.05, 4.69) is 5.32 Å². The standard InChI is InChI=1S/C17H15N3O4S/c18-20(11-21)16(23)12-6-8-14(9-7-12)19-15(22)10-25-17(24)13-4-2-1-3-5-13/h1-9,11H,10,18H2,(H,19,22). The summed E-state index contributed by atoms with van der Waals surface area (Å²) in [6, 6.07) is 14.6. The number of rotatable bonds is 6. The maximum Gasteiger partial charge on any atom is 0.274 e. The molecule has 0 unspecified atom stereocenters. The molecule has 128 valence electrons. The molecular formula is C17H15N3O4S. The molecule has 0 radical (unpaired) electrons.